The molecule has 2 aromatic heterocycles. The predicted molar refractivity (Wildman–Crippen MR) is 156 cm³/mol. The first kappa shape index (κ1) is 28.6. The van der Waals surface area contributed by atoms with E-state index in [1.807, 2.05) is 18.2 Å². The third-order valence-electron chi connectivity index (χ3n) is 7.37. The second-order valence-electron chi connectivity index (χ2n) is 12.8. The number of aliphatic hydroxyl groups is 1. The highest BCUT2D eigenvalue weighted by atomic mass is 28.4. The Morgan fingerprint density at radius 3 is 2.41 bits per heavy atom. The zero-order valence-corrected chi connectivity index (χ0v) is 25.0. The highest BCUT2D eigenvalue weighted by Gasteiger charge is 2.39. The van der Waals surface area contributed by atoms with Crippen LogP contribution < -0.4 is 15.5 Å². The molecule has 39 heavy (non-hydrogen) atoms. The van der Waals surface area contributed by atoms with Crippen molar-refractivity contribution in [3.63, 3.8) is 0 Å². The monoisotopic (exact) mass is 552 g/mol. The van der Waals surface area contributed by atoms with Gasteiger partial charge in [-0.2, -0.15) is 0 Å². The molecule has 4 rings (SSSR count). The number of rotatable bonds is 6. The summed E-state index contributed by atoms with van der Waals surface area (Å²) in [6.45, 7) is 16.3. The first-order chi connectivity index (χ1) is 18.0. The third-order valence-corrected chi connectivity index (χ3v) is 11.7. The molecular weight excluding hydrogens is 512 g/mol. The maximum atomic E-state index is 13.5. The molecule has 3 aromatic rings. The number of aromatic nitrogens is 3. The second kappa shape index (κ2) is 9.94. The van der Waals surface area contributed by atoms with Crippen molar-refractivity contribution < 1.29 is 19.1 Å². The Hall–Kier alpha value is -3.44. The average molecular weight is 553 g/mol. The molecule has 0 spiro atoms. The molecule has 0 saturated heterocycles. The van der Waals surface area contributed by atoms with Crippen LogP contribution in [0.25, 0.3) is 10.9 Å². The lowest BCUT2D eigenvalue weighted by Crippen LogP contribution is -2.43. The largest absolute Gasteiger partial charge is 0.543 e. The fraction of sp³-hybridized carbons (Fsp3) is 0.500. The molecule has 0 aliphatic heterocycles. The summed E-state index contributed by atoms with van der Waals surface area (Å²) in [4.78, 5) is 21.9. The molecule has 2 heterocycles. The van der Waals surface area contributed by atoms with Crippen molar-refractivity contribution in [1.29, 1.82) is 5.41 Å². The molecule has 1 aromatic carbocycles. The lowest BCUT2D eigenvalue weighted by molar-refractivity contribution is 0.0543. The van der Waals surface area contributed by atoms with Gasteiger partial charge in [0.05, 0.1) is 28.6 Å². The van der Waals surface area contributed by atoms with Gasteiger partial charge in [0.15, 0.2) is 0 Å². The van der Waals surface area contributed by atoms with E-state index >= 15 is 0 Å². The summed E-state index contributed by atoms with van der Waals surface area (Å²) < 4.78 is 13.6. The van der Waals surface area contributed by atoms with Crippen molar-refractivity contribution in [2.24, 2.45) is 0 Å². The van der Waals surface area contributed by atoms with Gasteiger partial charge in [0.2, 0.25) is 8.32 Å². The van der Waals surface area contributed by atoms with Crippen molar-refractivity contribution in [3.05, 3.63) is 41.9 Å². The zero-order chi connectivity index (χ0) is 28.9. The number of nitrogens with one attached hydrogen (secondary N) is 2. The highest BCUT2D eigenvalue weighted by Crippen LogP contribution is 2.38. The number of benzene rings is 1. The Morgan fingerprint density at radius 1 is 1.15 bits per heavy atom. The van der Waals surface area contributed by atoms with Crippen LogP contribution in [-0.4, -0.2) is 57.5 Å². The van der Waals surface area contributed by atoms with Gasteiger partial charge < -0.3 is 25.3 Å². The molecule has 11 heteroatoms. The van der Waals surface area contributed by atoms with Crippen molar-refractivity contribution in [1.82, 2.24) is 14.5 Å². The number of hydrogen-bond acceptors (Lipinski definition) is 9. The minimum Gasteiger partial charge on any atom is -0.543 e. The van der Waals surface area contributed by atoms with Gasteiger partial charge in [-0.1, -0.05) is 20.8 Å². The van der Waals surface area contributed by atoms with Gasteiger partial charge in [-0.15, -0.1) is 0 Å². The van der Waals surface area contributed by atoms with E-state index in [9.17, 15) is 15.3 Å². The molecule has 1 aliphatic carbocycles. The van der Waals surface area contributed by atoms with E-state index in [1.54, 1.807) is 26.8 Å². The van der Waals surface area contributed by atoms with Gasteiger partial charge in [-0.05, 0) is 76.0 Å². The van der Waals surface area contributed by atoms with Gasteiger partial charge in [-0.25, -0.2) is 19.3 Å². The Balaban J connectivity index is 1.82. The Bertz CT molecular complexity index is 1410. The van der Waals surface area contributed by atoms with Crippen LogP contribution in [0.4, 0.5) is 16.4 Å². The molecule has 10 nitrogen and oxygen atoms in total. The lowest BCUT2D eigenvalue weighted by atomic mass is 9.89. The minimum absolute atomic E-state index is 0.00704. The number of nitrogens with zero attached hydrogens (tertiary/aromatic N) is 3. The topological polar surface area (TPSA) is 148 Å². The number of carbonyl (C=O) groups is 1. The summed E-state index contributed by atoms with van der Waals surface area (Å²) >= 11 is 0. The van der Waals surface area contributed by atoms with Crippen LogP contribution in [-0.2, 0) is 4.74 Å². The van der Waals surface area contributed by atoms with E-state index in [0.29, 0.717) is 35.6 Å². The SMILES string of the molecule is CC(C)(C)OC(=O)n1c(C(=N)c2c(N)ncnc2NC2CC(O)C2)cc2cc(O[Si](C)(C)C(C)(C)C)ccc21. The number of carbonyl (C=O) groups excluding carboxylic acids is 1. The Labute approximate surface area is 230 Å². The smallest absolute Gasteiger partial charge is 0.419 e. The maximum absolute atomic E-state index is 13.5. The van der Waals surface area contributed by atoms with Crippen LogP contribution in [0.5, 0.6) is 5.75 Å². The minimum atomic E-state index is -2.10. The van der Waals surface area contributed by atoms with Crippen molar-refractivity contribution >= 4 is 42.7 Å². The van der Waals surface area contributed by atoms with Gasteiger partial charge >= 0.3 is 6.09 Å². The molecule has 1 aliphatic rings. The summed E-state index contributed by atoms with van der Waals surface area (Å²) in [5.41, 5.74) is 6.64. The summed E-state index contributed by atoms with van der Waals surface area (Å²) in [7, 11) is -2.10. The molecule has 210 valence electrons. The third kappa shape index (κ3) is 5.94. The zero-order valence-electron chi connectivity index (χ0n) is 24.0. The van der Waals surface area contributed by atoms with E-state index in [0.717, 1.165) is 5.39 Å². The number of fused-ring (bicyclic) bond motifs is 1. The second-order valence-corrected chi connectivity index (χ2v) is 17.5. The Kier molecular flexibility index (Phi) is 7.28. The van der Waals surface area contributed by atoms with Gasteiger partial charge in [0.25, 0.3) is 0 Å². The lowest BCUT2D eigenvalue weighted by Gasteiger charge is -2.36. The number of nitrogens with two attached hydrogens (primary N) is 1. The number of ether oxygens (including phenoxy) is 1. The van der Waals surface area contributed by atoms with Crippen LogP contribution in [0.3, 0.4) is 0 Å². The van der Waals surface area contributed by atoms with Gasteiger partial charge in [0, 0.05) is 11.4 Å². The van der Waals surface area contributed by atoms with E-state index in [1.165, 1.54) is 10.9 Å². The summed E-state index contributed by atoms with van der Waals surface area (Å²) in [5, 5.41) is 22.9. The van der Waals surface area contributed by atoms with Gasteiger partial charge in [-0.3, -0.25) is 5.41 Å². The summed E-state index contributed by atoms with van der Waals surface area (Å²) in [6.07, 6.45) is 1.51. The normalized spacial score (nSPS) is 18.0. The number of nitrogen functional groups attached to an aromatic ring is 1. The molecular formula is C28H40N6O4Si. The first-order valence-corrected chi connectivity index (χ1v) is 16.1. The summed E-state index contributed by atoms with van der Waals surface area (Å²) in [5.74, 6) is 1.20. The van der Waals surface area contributed by atoms with Crippen molar-refractivity contribution in [3.8, 4) is 5.75 Å². The number of hydrogen-bond donors (Lipinski definition) is 4. The van der Waals surface area contributed by atoms with Crippen LogP contribution in [0.1, 0.15) is 65.6 Å². The summed E-state index contributed by atoms with van der Waals surface area (Å²) in [6, 6.07) is 7.34. The van der Waals surface area contributed by atoms with Crippen LogP contribution in [0.15, 0.2) is 30.6 Å². The molecule has 5 N–H and O–H groups in total. The van der Waals surface area contributed by atoms with E-state index < -0.39 is 20.0 Å². The van der Waals surface area contributed by atoms with E-state index in [-0.39, 0.29) is 34.3 Å². The quantitative estimate of drug-likeness (QED) is 0.230. The highest BCUT2D eigenvalue weighted by molar-refractivity contribution is 6.74. The van der Waals surface area contributed by atoms with E-state index in [4.69, 9.17) is 14.9 Å². The fourth-order valence-corrected chi connectivity index (χ4v) is 5.20. The number of aliphatic hydroxyl groups excluding tert-OH is 1. The first-order valence-electron chi connectivity index (χ1n) is 13.2. The van der Waals surface area contributed by atoms with Crippen LogP contribution >= 0.6 is 0 Å². The van der Waals surface area contributed by atoms with Crippen molar-refractivity contribution in [2.45, 2.75) is 90.3 Å². The molecule has 1 fully saturated rings. The van der Waals surface area contributed by atoms with Crippen LogP contribution in [0, 0.1) is 5.41 Å². The molecule has 0 atom stereocenters. The fourth-order valence-electron chi connectivity index (χ4n) is 4.18. The molecule has 1 saturated carbocycles. The molecule has 0 amide bonds. The maximum Gasteiger partial charge on any atom is 0.419 e. The molecule has 0 unspecified atom stereocenters. The van der Waals surface area contributed by atoms with E-state index in [2.05, 4.69) is 49.1 Å². The molecule has 0 bridgehead atoms. The van der Waals surface area contributed by atoms with Crippen LogP contribution in [0.2, 0.25) is 18.1 Å². The molecule has 0 radical (unpaired) electrons. The predicted octanol–water partition coefficient (Wildman–Crippen LogP) is 5.53. The number of anilines is 2. The van der Waals surface area contributed by atoms with Crippen molar-refractivity contribution in [2.75, 3.05) is 11.1 Å². The standard InChI is InChI=1S/C28H40N6O4Si/c1-27(2,3)37-26(36)34-20-10-9-19(38-39(7,8)28(4,5)6)11-16(20)12-21(34)23(29)22-24(30)31-15-32-25(22)33-17-13-18(35)14-17/h9-12,15,17-18,29,35H,13-14H2,1-8H3,(H3,30,31,32,33). The van der Waals surface area contributed by atoms with Gasteiger partial charge in [0.1, 0.15) is 29.3 Å². The Morgan fingerprint density at radius 2 is 1.82 bits per heavy atom. The average Bonchev–Trinajstić information content (AvgIpc) is 3.14.